The normalized spacial score (nSPS) is 11.9. The molecule has 2 aromatic carbocycles. The SMILES string of the molecule is CC(C)(C)OC(=O)CC(C=O)c1ncc(Cc2cccc(Cl)c2F)cn1.CCOC(=O)c1cc(CC(=O)OC(C)(C)C)c2ccc(Cc3cccc(Cl)c3F)cn2c1=O. The smallest absolute Gasteiger partial charge is 0.343 e. The number of rotatable bonds is 12. The highest BCUT2D eigenvalue weighted by atomic mass is 35.5. The Kier molecular flexibility index (Phi) is 15.6. The molecule has 0 saturated heterocycles. The van der Waals surface area contributed by atoms with E-state index in [-0.39, 0.29) is 53.7 Å². The van der Waals surface area contributed by atoms with Gasteiger partial charge in [0, 0.05) is 31.4 Å². The van der Waals surface area contributed by atoms with Crippen molar-refractivity contribution in [3.05, 3.63) is 144 Å². The molecule has 15 heteroatoms. The number of carbonyl (C=O) groups excluding carboxylic acids is 4. The number of aromatic nitrogens is 3. The number of esters is 3. The van der Waals surface area contributed by atoms with E-state index in [2.05, 4.69) is 9.97 Å². The lowest BCUT2D eigenvalue weighted by Gasteiger charge is -2.20. The van der Waals surface area contributed by atoms with Crippen molar-refractivity contribution in [2.75, 3.05) is 6.61 Å². The summed E-state index contributed by atoms with van der Waals surface area (Å²) in [6.45, 7) is 12.2. The maximum absolute atomic E-state index is 14.4. The molecule has 5 aromatic rings. The third-order valence-corrected chi connectivity index (χ3v) is 8.82. The van der Waals surface area contributed by atoms with Gasteiger partial charge >= 0.3 is 17.9 Å². The molecule has 11 nitrogen and oxygen atoms in total. The Balaban J connectivity index is 0.000000268. The summed E-state index contributed by atoms with van der Waals surface area (Å²) in [5.74, 6) is -3.35. The largest absolute Gasteiger partial charge is 0.462 e. The average Bonchev–Trinajstić information content (AvgIpc) is 3.15. The number of ether oxygens (including phenoxy) is 3. The highest BCUT2D eigenvalue weighted by Gasteiger charge is 2.24. The zero-order chi connectivity index (χ0) is 43.7. The highest BCUT2D eigenvalue weighted by Crippen LogP contribution is 2.24. The van der Waals surface area contributed by atoms with Gasteiger partial charge in [0.2, 0.25) is 0 Å². The van der Waals surface area contributed by atoms with E-state index in [0.717, 1.165) is 0 Å². The molecule has 0 aliphatic carbocycles. The average molecular weight is 853 g/mol. The van der Waals surface area contributed by atoms with E-state index in [4.69, 9.17) is 37.4 Å². The second kappa shape index (κ2) is 20.0. The first kappa shape index (κ1) is 46.2. The van der Waals surface area contributed by atoms with Crippen LogP contribution in [0.3, 0.4) is 0 Å². The van der Waals surface area contributed by atoms with Crippen LogP contribution >= 0.6 is 23.2 Å². The van der Waals surface area contributed by atoms with E-state index >= 15 is 0 Å². The number of aldehydes is 1. The molecule has 3 heterocycles. The second-order valence-corrected chi connectivity index (χ2v) is 16.2. The Morgan fingerprint density at radius 2 is 1.34 bits per heavy atom. The van der Waals surface area contributed by atoms with Crippen molar-refractivity contribution in [2.45, 2.75) is 91.3 Å². The topological polar surface area (TPSA) is 143 Å². The molecular weight excluding hydrogens is 807 g/mol. The molecule has 1 unspecified atom stereocenters. The van der Waals surface area contributed by atoms with E-state index in [1.165, 1.54) is 41.2 Å². The fraction of sp³-hybridized carbons (Fsp3) is 0.341. The number of fused-ring (bicyclic) bond motifs is 1. The maximum atomic E-state index is 14.4. The Labute approximate surface area is 350 Å². The van der Waals surface area contributed by atoms with E-state index < -0.39 is 52.2 Å². The van der Waals surface area contributed by atoms with Crippen molar-refractivity contribution in [3.8, 4) is 0 Å². The Bertz CT molecular complexity index is 2390. The fourth-order valence-electron chi connectivity index (χ4n) is 5.77. The van der Waals surface area contributed by atoms with E-state index in [9.17, 15) is 32.8 Å². The minimum atomic E-state index is -0.790. The van der Waals surface area contributed by atoms with Crippen molar-refractivity contribution in [1.29, 1.82) is 0 Å². The van der Waals surface area contributed by atoms with Crippen LogP contribution in [0.4, 0.5) is 8.78 Å². The number of hydrogen-bond acceptors (Lipinski definition) is 10. The van der Waals surface area contributed by atoms with E-state index in [0.29, 0.717) is 39.6 Å². The quantitative estimate of drug-likeness (QED) is 0.0680. The van der Waals surface area contributed by atoms with Gasteiger partial charge in [0.25, 0.3) is 5.56 Å². The van der Waals surface area contributed by atoms with Gasteiger partial charge in [0.05, 0.1) is 40.9 Å². The van der Waals surface area contributed by atoms with Crippen LogP contribution in [0.15, 0.2) is 78.0 Å². The van der Waals surface area contributed by atoms with Crippen LogP contribution in [0.2, 0.25) is 10.0 Å². The molecule has 0 N–H and O–H groups in total. The van der Waals surface area contributed by atoms with Crippen LogP contribution in [0.1, 0.15) is 105 Å². The molecule has 0 aliphatic rings. The van der Waals surface area contributed by atoms with Crippen LogP contribution < -0.4 is 5.56 Å². The lowest BCUT2D eigenvalue weighted by molar-refractivity contribution is -0.156. The minimum Gasteiger partial charge on any atom is -0.462 e. The maximum Gasteiger partial charge on any atom is 0.343 e. The molecule has 0 amide bonds. The zero-order valence-electron chi connectivity index (χ0n) is 33.7. The lowest BCUT2D eigenvalue weighted by Crippen LogP contribution is -2.27. The number of carbonyl (C=O) groups is 4. The summed E-state index contributed by atoms with van der Waals surface area (Å²) in [7, 11) is 0. The number of hydrogen-bond donors (Lipinski definition) is 0. The van der Waals surface area contributed by atoms with Gasteiger partial charge in [-0.3, -0.25) is 18.8 Å². The third kappa shape index (κ3) is 13.2. The number of benzene rings is 2. The number of pyridine rings is 2. The first-order valence-electron chi connectivity index (χ1n) is 18.6. The molecule has 59 heavy (non-hydrogen) atoms. The third-order valence-electron chi connectivity index (χ3n) is 8.24. The van der Waals surface area contributed by atoms with Gasteiger partial charge in [0.15, 0.2) is 0 Å². The standard InChI is InChI=1S/C25H25ClFNO5.C19H20ClFN2O3/c1-5-32-24(31)18-12-17(13-21(29)33-25(2,3)4)20-10-9-15(14-28(20)23(18)30)11-16-7-6-8-19(26)22(16)27;1-19(2,3)26-16(25)8-14(11-24)18-22-9-12(10-23-18)7-13-5-4-6-15(20)17(13)21/h6-10,12,14H,5,11,13H2,1-4H3;4-6,9-11,14H,7-8H2,1-3H3. The summed E-state index contributed by atoms with van der Waals surface area (Å²) in [5, 5.41) is 0.0631. The molecule has 0 bridgehead atoms. The molecule has 0 fully saturated rings. The summed E-state index contributed by atoms with van der Waals surface area (Å²) < 4.78 is 45.2. The van der Waals surface area contributed by atoms with Gasteiger partial charge in [-0.25, -0.2) is 23.5 Å². The lowest BCUT2D eigenvalue weighted by atomic mass is 10.0. The fourth-order valence-corrected chi connectivity index (χ4v) is 6.16. The summed E-state index contributed by atoms with van der Waals surface area (Å²) in [4.78, 5) is 69.5. The predicted octanol–water partition coefficient (Wildman–Crippen LogP) is 8.62. The van der Waals surface area contributed by atoms with Crippen molar-refractivity contribution >= 4 is 52.9 Å². The van der Waals surface area contributed by atoms with Gasteiger partial charge in [0.1, 0.15) is 40.5 Å². The van der Waals surface area contributed by atoms with Gasteiger partial charge in [-0.05, 0) is 101 Å². The minimum absolute atomic E-state index is 0.00898. The van der Waals surface area contributed by atoms with Crippen molar-refractivity contribution in [3.63, 3.8) is 0 Å². The summed E-state index contributed by atoms with van der Waals surface area (Å²) in [6, 6.07) is 14.3. The highest BCUT2D eigenvalue weighted by molar-refractivity contribution is 6.31. The molecule has 312 valence electrons. The molecule has 0 radical (unpaired) electrons. The molecule has 5 rings (SSSR count). The molecule has 0 saturated carbocycles. The molecular formula is C44H45Cl2F2N3O8. The van der Waals surface area contributed by atoms with Crippen LogP contribution in [-0.4, -0.2) is 56.4 Å². The monoisotopic (exact) mass is 851 g/mol. The van der Waals surface area contributed by atoms with Gasteiger partial charge < -0.3 is 19.0 Å². The van der Waals surface area contributed by atoms with Gasteiger partial charge in [-0.1, -0.05) is 53.5 Å². The molecule has 1 atom stereocenters. The van der Waals surface area contributed by atoms with Crippen molar-refractivity contribution < 1.29 is 42.2 Å². The summed E-state index contributed by atoms with van der Waals surface area (Å²) in [5.41, 5.74) is 0.852. The van der Waals surface area contributed by atoms with Crippen molar-refractivity contribution in [2.24, 2.45) is 0 Å². The summed E-state index contributed by atoms with van der Waals surface area (Å²) >= 11 is 11.6. The van der Waals surface area contributed by atoms with Crippen LogP contribution in [0, 0.1) is 11.6 Å². The van der Waals surface area contributed by atoms with Crippen LogP contribution in [-0.2, 0) is 47.9 Å². The molecule has 0 aliphatic heterocycles. The first-order valence-corrected chi connectivity index (χ1v) is 19.3. The van der Waals surface area contributed by atoms with Crippen molar-refractivity contribution in [1.82, 2.24) is 14.4 Å². The van der Waals surface area contributed by atoms with E-state index in [1.807, 2.05) is 0 Å². The Morgan fingerprint density at radius 1 is 0.797 bits per heavy atom. The van der Waals surface area contributed by atoms with Gasteiger partial charge in [-0.2, -0.15) is 0 Å². The first-order chi connectivity index (χ1) is 27.7. The molecule has 3 aromatic heterocycles. The van der Waals surface area contributed by atoms with Gasteiger partial charge in [-0.15, -0.1) is 0 Å². The van der Waals surface area contributed by atoms with Crippen LogP contribution in [0.5, 0.6) is 0 Å². The van der Waals surface area contributed by atoms with E-state index in [1.54, 1.807) is 84.9 Å². The Morgan fingerprint density at radius 3 is 1.86 bits per heavy atom. The zero-order valence-corrected chi connectivity index (χ0v) is 35.2. The second-order valence-electron chi connectivity index (χ2n) is 15.4. The molecule has 0 spiro atoms. The van der Waals surface area contributed by atoms with Crippen LogP contribution in [0.25, 0.3) is 5.52 Å². The predicted molar refractivity (Wildman–Crippen MR) is 219 cm³/mol. The summed E-state index contributed by atoms with van der Waals surface area (Å²) in [6.07, 6.45) is 5.33. The number of halogens is 4. The number of nitrogens with zero attached hydrogens (tertiary/aromatic N) is 3. The Hall–Kier alpha value is -5.53.